The van der Waals surface area contributed by atoms with Crippen molar-refractivity contribution in [3.8, 4) is 0 Å². The number of nitrogens with one attached hydrogen (secondary N) is 2. The van der Waals surface area contributed by atoms with Gasteiger partial charge in [-0.1, -0.05) is 42.5 Å². The van der Waals surface area contributed by atoms with Crippen LogP contribution in [0.4, 0.5) is 0 Å². The number of rotatable bonds is 5. The molecule has 1 amide bonds. The quantitative estimate of drug-likeness (QED) is 0.466. The van der Waals surface area contributed by atoms with Gasteiger partial charge >= 0.3 is 0 Å². The zero-order valence-electron chi connectivity index (χ0n) is 16.6. The highest BCUT2D eigenvalue weighted by molar-refractivity contribution is 6.06. The lowest BCUT2D eigenvalue weighted by Gasteiger charge is -2.11. The summed E-state index contributed by atoms with van der Waals surface area (Å²) < 4.78 is 1.40. The molecule has 0 unspecified atom stereocenters. The predicted octanol–water partition coefficient (Wildman–Crippen LogP) is 3.25. The van der Waals surface area contributed by atoms with E-state index in [9.17, 15) is 9.59 Å². The normalized spacial score (nSPS) is 11.1. The highest BCUT2D eigenvalue weighted by Crippen LogP contribution is 2.18. The summed E-state index contributed by atoms with van der Waals surface area (Å²) in [5, 5.41) is 9.64. The highest BCUT2D eigenvalue weighted by atomic mass is 16.1. The van der Waals surface area contributed by atoms with E-state index in [1.54, 1.807) is 18.5 Å². The molecule has 0 bridgehead atoms. The Morgan fingerprint density at radius 3 is 2.48 bits per heavy atom. The molecule has 0 atom stereocenters. The monoisotopic (exact) mass is 409 g/mol. The van der Waals surface area contributed by atoms with Crippen molar-refractivity contribution in [1.29, 1.82) is 0 Å². The van der Waals surface area contributed by atoms with Gasteiger partial charge in [0.2, 0.25) is 0 Å². The molecule has 5 rings (SSSR count). The van der Waals surface area contributed by atoms with E-state index in [1.165, 1.54) is 4.68 Å². The van der Waals surface area contributed by atoms with E-state index in [0.717, 1.165) is 22.0 Å². The number of aromatic nitrogens is 4. The van der Waals surface area contributed by atoms with Crippen LogP contribution in [0, 0.1) is 0 Å². The van der Waals surface area contributed by atoms with Crippen LogP contribution >= 0.6 is 0 Å². The number of aromatic amines is 1. The molecular weight excluding hydrogens is 390 g/mol. The summed E-state index contributed by atoms with van der Waals surface area (Å²) >= 11 is 0. The Balaban J connectivity index is 1.48. The van der Waals surface area contributed by atoms with Crippen molar-refractivity contribution in [2.45, 2.75) is 13.1 Å². The van der Waals surface area contributed by atoms with E-state index in [2.05, 4.69) is 20.4 Å². The van der Waals surface area contributed by atoms with Crippen LogP contribution in [0.25, 0.3) is 21.7 Å². The van der Waals surface area contributed by atoms with Crippen molar-refractivity contribution in [3.05, 3.63) is 106 Å². The largest absolute Gasteiger partial charge is 0.360 e. The molecule has 31 heavy (non-hydrogen) atoms. The van der Waals surface area contributed by atoms with Crippen LogP contribution in [0.3, 0.4) is 0 Å². The van der Waals surface area contributed by atoms with Gasteiger partial charge in [-0.3, -0.25) is 14.6 Å². The average molecular weight is 409 g/mol. The number of fused-ring (bicyclic) bond motifs is 2. The summed E-state index contributed by atoms with van der Waals surface area (Å²) in [6.07, 6.45) is 3.39. The molecule has 2 aromatic carbocycles. The van der Waals surface area contributed by atoms with Gasteiger partial charge in [0.1, 0.15) is 0 Å². The first-order valence-electron chi connectivity index (χ1n) is 9.93. The van der Waals surface area contributed by atoms with Crippen molar-refractivity contribution in [2.75, 3.05) is 0 Å². The Morgan fingerprint density at radius 1 is 0.935 bits per heavy atom. The molecule has 0 radical (unpaired) electrons. The lowest BCUT2D eigenvalue weighted by Crippen LogP contribution is -2.29. The summed E-state index contributed by atoms with van der Waals surface area (Å²) in [5.41, 5.74) is 2.65. The zero-order chi connectivity index (χ0) is 21.2. The summed E-state index contributed by atoms with van der Waals surface area (Å²) in [5.74, 6) is -0.203. The summed E-state index contributed by atoms with van der Waals surface area (Å²) in [6.45, 7) is 0.454. The first-order valence-corrected chi connectivity index (χ1v) is 9.93. The number of hydrogen-bond donors (Lipinski definition) is 2. The Bertz CT molecular complexity index is 1450. The van der Waals surface area contributed by atoms with Crippen molar-refractivity contribution in [1.82, 2.24) is 25.1 Å². The second kappa shape index (κ2) is 7.87. The molecule has 5 aromatic rings. The molecule has 7 heteroatoms. The fourth-order valence-electron chi connectivity index (χ4n) is 3.71. The van der Waals surface area contributed by atoms with Crippen molar-refractivity contribution in [3.63, 3.8) is 0 Å². The number of carbonyl (C=O) groups excluding carboxylic acids is 1. The average Bonchev–Trinajstić information content (AvgIpc) is 3.25. The van der Waals surface area contributed by atoms with Gasteiger partial charge in [-0.2, -0.15) is 5.10 Å². The van der Waals surface area contributed by atoms with Crippen LogP contribution in [-0.4, -0.2) is 25.7 Å². The first-order chi connectivity index (χ1) is 15.2. The van der Waals surface area contributed by atoms with Gasteiger partial charge in [0, 0.05) is 28.7 Å². The molecule has 0 spiro atoms. The molecular formula is C24H19N5O2. The zero-order valence-corrected chi connectivity index (χ0v) is 16.6. The van der Waals surface area contributed by atoms with E-state index >= 15 is 0 Å². The van der Waals surface area contributed by atoms with Gasteiger partial charge in [-0.15, -0.1) is 0 Å². The van der Waals surface area contributed by atoms with Crippen LogP contribution in [-0.2, 0) is 13.1 Å². The Morgan fingerprint density at radius 2 is 1.68 bits per heavy atom. The molecule has 0 aliphatic rings. The fraction of sp³-hybridized carbons (Fsp3) is 0.0833. The van der Waals surface area contributed by atoms with Crippen LogP contribution < -0.4 is 10.9 Å². The number of hydrogen-bond acceptors (Lipinski definition) is 4. The molecule has 0 aliphatic carbocycles. The minimum Gasteiger partial charge on any atom is -0.360 e. The number of para-hydroxylation sites is 1. The molecule has 2 N–H and O–H groups in total. The first kappa shape index (κ1) is 18.7. The molecule has 152 valence electrons. The second-order valence-corrected chi connectivity index (χ2v) is 7.21. The number of benzene rings is 2. The van der Waals surface area contributed by atoms with E-state index in [4.69, 9.17) is 0 Å². The standard InChI is InChI=1S/C24H19N5O2/c30-23(20-13-26-21-11-4-3-9-18(20)21)27-14-22-17-8-1-2-10-19(17)24(31)29(28-22)15-16-7-5-6-12-25-16/h1-13,26H,14-15H2,(H,27,30). The van der Waals surface area contributed by atoms with Crippen LogP contribution in [0.5, 0.6) is 0 Å². The smallest absolute Gasteiger partial charge is 0.275 e. The molecule has 0 saturated carbocycles. The molecule has 3 heterocycles. The van der Waals surface area contributed by atoms with Gasteiger partial charge in [-0.05, 0) is 24.3 Å². The fourth-order valence-corrected chi connectivity index (χ4v) is 3.71. The van der Waals surface area contributed by atoms with E-state index in [0.29, 0.717) is 16.6 Å². The number of pyridine rings is 1. The summed E-state index contributed by atoms with van der Waals surface area (Å²) in [7, 11) is 0. The lowest BCUT2D eigenvalue weighted by molar-refractivity contribution is 0.0952. The Kier molecular flexibility index (Phi) is 4.76. The van der Waals surface area contributed by atoms with Crippen molar-refractivity contribution >= 4 is 27.6 Å². The topological polar surface area (TPSA) is 92.7 Å². The predicted molar refractivity (Wildman–Crippen MR) is 119 cm³/mol. The highest BCUT2D eigenvalue weighted by Gasteiger charge is 2.15. The van der Waals surface area contributed by atoms with Gasteiger partial charge in [0.25, 0.3) is 11.5 Å². The lowest BCUT2D eigenvalue weighted by atomic mass is 10.1. The maximum absolute atomic E-state index is 12.9. The van der Waals surface area contributed by atoms with E-state index in [-0.39, 0.29) is 24.6 Å². The number of amides is 1. The third-order valence-electron chi connectivity index (χ3n) is 5.23. The van der Waals surface area contributed by atoms with Gasteiger partial charge in [-0.25, -0.2) is 4.68 Å². The SMILES string of the molecule is O=C(NCc1nn(Cc2ccccn2)c(=O)c2ccccc12)c1c[nH]c2ccccc12. The minimum atomic E-state index is -0.203. The molecule has 0 aliphatic heterocycles. The van der Waals surface area contributed by atoms with Crippen molar-refractivity contribution in [2.24, 2.45) is 0 Å². The Hall–Kier alpha value is -4.26. The number of H-pyrrole nitrogens is 1. The number of nitrogens with zero attached hydrogens (tertiary/aromatic N) is 3. The second-order valence-electron chi connectivity index (χ2n) is 7.21. The Labute approximate surface area is 177 Å². The minimum absolute atomic E-state index is 0.187. The molecule has 7 nitrogen and oxygen atoms in total. The number of carbonyl (C=O) groups is 1. The van der Waals surface area contributed by atoms with E-state index < -0.39 is 0 Å². The third-order valence-corrected chi connectivity index (χ3v) is 5.23. The van der Waals surface area contributed by atoms with Gasteiger partial charge < -0.3 is 10.3 Å². The summed E-state index contributed by atoms with van der Waals surface area (Å²) in [4.78, 5) is 33.2. The molecule has 3 aromatic heterocycles. The molecule has 0 fully saturated rings. The van der Waals surface area contributed by atoms with Crippen molar-refractivity contribution < 1.29 is 4.79 Å². The van der Waals surface area contributed by atoms with Crippen LogP contribution in [0.15, 0.2) is 83.9 Å². The van der Waals surface area contributed by atoms with Crippen LogP contribution in [0.1, 0.15) is 21.7 Å². The summed E-state index contributed by atoms with van der Waals surface area (Å²) in [6, 6.07) is 20.5. The maximum atomic E-state index is 12.9. The maximum Gasteiger partial charge on any atom is 0.275 e. The van der Waals surface area contributed by atoms with Gasteiger partial charge in [0.05, 0.1) is 35.4 Å². The third kappa shape index (κ3) is 3.57. The van der Waals surface area contributed by atoms with E-state index in [1.807, 2.05) is 60.7 Å². The van der Waals surface area contributed by atoms with Crippen LogP contribution in [0.2, 0.25) is 0 Å². The molecule has 0 saturated heterocycles. The van der Waals surface area contributed by atoms with Gasteiger partial charge in [0.15, 0.2) is 0 Å².